The molecule has 0 aliphatic heterocycles. The lowest BCUT2D eigenvalue weighted by molar-refractivity contribution is 0.102. The van der Waals surface area contributed by atoms with E-state index in [1.165, 1.54) is 13.1 Å². The van der Waals surface area contributed by atoms with E-state index < -0.39 is 10.0 Å². The lowest BCUT2D eigenvalue weighted by atomic mass is 10.0. The Morgan fingerprint density at radius 3 is 2.48 bits per heavy atom. The summed E-state index contributed by atoms with van der Waals surface area (Å²) < 4.78 is 26.4. The molecule has 2 aromatic carbocycles. The largest absolute Gasteiger partial charge is 0.322 e. The highest BCUT2D eigenvalue weighted by atomic mass is 32.2. The predicted octanol–water partition coefficient (Wildman–Crippen LogP) is 1.92. The molecule has 2 rings (SSSR count). The van der Waals surface area contributed by atoms with Gasteiger partial charge in [-0.25, -0.2) is 13.1 Å². The molecule has 3 N–H and O–H groups in total. The summed E-state index contributed by atoms with van der Waals surface area (Å²) in [5.74, 6) is -0.261. The second-order valence-electron chi connectivity index (χ2n) is 5.65. The molecule has 0 saturated carbocycles. The Labute approximate surface area is 148 Å². The summed E-state index contributed by atoms with van der Waals surface area (Å²) in [6.45, 7) is 2.47. The van der Waals surface area contributed by atoms with Gasteiger partial charge in [0.25, 0.3) is 5.91 Å². The molecule has 1 amide bonds. The lowest BCUT2D eigenvalue weighted by Gasteiger charge is -2.12. The summed E-state index contributed by atoms with van der Waals surface area (Å²) in [5.41, 5.74) is 2.57. The number of hydrogen-bond acceptors (Lipinski definition) is 4. The summed E-state index contributed by atoms with van der Waals surface area (Å²) in [7, 11) is -0.363. The molecule has 25 heavy (non-hydrogen) atoms. The van der Waals surface area contributed by atoms with Crippen molar-refractivity contribution < 1.29 is 13.2 Å². The quantitative estimate of drug-likeness (QED) is 0.703. The van der Waals surface area contributed by atoms with Crippen molar-refractivity contribution in [1.29, 1.82) is 0 Å². The number of anilines is 1. The molecule has 134 valence electrons. The Morgan fingerprint density at radius 1 is 1.08 bits per heavy atom. The van der Waals surface area contributed by atoms with E-state index in [1.807, 2.05) is 25.2 Å². The van der Waals surface area contributed by atoms with Gasteiger partial charge in [-0.2, -0.15) is 0 Å². The van der Waals surface area contributed by atoms with Gasteiger partial charge in [-0.15, -0.1) is 0 Å². The molecule has 0 heterocycles. The minimum absolute atomic E-state index is 0.149. The number of likely N-dealkylation sites (N-methyl/N-ethyl adjacent to an activating group) is 1. The third kappa shape index (κ3) is 4.66. The van der Waals surface area contributed by atoms with Gasteiger partial charge >= 0.3 is 0 Å². The SMILES string of the molecule is CNCCc1ccccc1C(=O)Nc1ccc(C)c(S(=O)(=O)NC)c1. The molecule has 2 aromatic rings. The van der Waals surface area contributed by atoms with Gasteiger partial charge in [0.05, 0.1) is 4.90 Å². The molecule has 0 spiro atoms. The fourth-order valence-electron chi connectivity index (χ4n) is 2.50. The number of amides is 1. The van der Waals surface area contributed by atoms with E-state index in [2.05, 4.69) is 15.4 Å². The van der Waals surface area contributed by atoms with Gasteiger partial charge in [0, 0.05) is 11.3 Å². The van der Waals surface area contributed by atoms with E-state index in [9.17, 15) is 13.2 Å². The average Bonchev–Trinajstić information content (AvgIpc) is 2.61. The Hall–Kier alpha value is -2.22. The first-order valence-corrected chi connectivity index (χ1v) is 9.45. The molecule has 7 heteroatoms. The molecule has 0 bridgehead atoms. The Kier molecular flexibility index (Phi) is 6.30. The van der Waals surface area contributed by atoms with E-state index in [4.69, 9.17) is 0 Å². The normalized spacial score (nSPS) is 11.3. The lowest BCUT2D eigenvalue weighted by Crippen LogP contribution is -2.20. The van der Waals surface area contributed by atoms with Crippen molar-refractivity contribution in [3.63, 3.8) is 0 Å². The van der Waals surface area contributed by atoms with E-state index in [1.54, 1.807) is 25.1 Å². The number of rotatable bonds is 7. The van der Waals surface area contributed by atoms with E-state index in [0.717, 1.165) is 18.5 Å². The van der Waals surface area contributed by atoms with Crippen LogP contribution in [0.5, 0.6) is 0 Å². The van der Waals surface area contributed by atoms with Gasteiger partial charge in [-0.3, -0.25) is 4.79 Å². The maximum Gasteiger partial charge on any atom is 0.255 e. The van der Waals surface area contributed by atoms with Crippen molar-refractivity contribution in [3.05, 3.63) is 59.2 Å². The minimum atomic E-state index is -3.58. The molecule has 6 nitrogen and oxygen atoms in total. The van der Waals surface area contributed by atoms with Gasteiger partial charge in [-0.05, 0) is 63.3 Å². The minimum Gasteiger partial charge on any atom is -0.322 e. The van der Waals surface area contributed by atoms with Crippen molar-refractivity contribution >= 4 is 21.6 Å². The maximum atomic E-state index is 12.6. The van der Waals surface area contributed by atoms with Crippen LogP contribution in [0.2, 0.25) is 0 Å². The molecule has 0 aliphatic rings. The average molecular weight is 361 g/mol. The fraction of sp³-hybridized carbons (Fsp3) is 0.278. The van der Waals surface area contributed by atoms with Crippen molar-refractivity contribution in [3.8, 4) is 0 Å². The summed E-state index contributed by atoms with van der Waals surface area (Å²) in [5, 5.41) is 5.85. The highest BCUT2D eigenvalue weighted by molar-refractivity contribution is 7.89. The highest BCUT2D eigenvalue weighted by Gasteiger charge is 2.17. The second kappa shape index (κ2) is 8.24. The smallest absolute Gasteiger partial charge is 0.255 e. The predicted molar refractivity (Wildman–Crippen MR) is 99.5 cm³/mol. The molecule has 0 unspecified atom stereocenters. The fourth-order valence-corrected chi connectivity index (χ4v) is 3.49. The highest BCUT2D eigenvalue weighted by Crippen LogP contribution is 2.21. The molecular weight excluding hydrogens is 338 g/mol. The number of nitrogens with one attached hydrogen (secondary N) is 3. The van der Waals surface area contributed by atoms with Gasteiger partial charge in [0.1, 0.15) is 0 Å². The van der Waals surface area contributed by atoms with Crippen molar-refractivity contribution in [2.45, 2.75) is 18.2 Å². The van der Waals surface area contributed by atoms with Gasteiger partial charge in [0.15, 0.2) is 0 Å². The monoisotopic (exact) mass is 361 g/mol. The van der Waals surface area contributed by atoms with Crippen LogP contribution < -0.4 is 15.4 Å². The Morgan fingerprint density at radius 2 is 1.80 bits per heavy atom. The number of hydrogen-bond donors (Lipinski definition) is 3. The van der Waals surface area contributed by atoms with Gasteiger partial charge in [-0.1, -0.05) is 24.3 Å². The molecule has 0 aromatic heterocycles. The first-order valence-electron chi connectivity index (χ1n) is 7.97. The molecule has 0 atom stereocenters. The first-order chi connectivity index (χ1) is 11.9. The molecular formula is C18H23N3O3S. The zero-order valence-corrected chi connectivity index (χ0v) is 15.4. The standard InChI is InChI=1S/C18H23N3O3S/c1-13-8-9-15(12-17(13)25(23,24)20-3)21-18(22)16-7-5-4-6-14(16)10-11-19-2/h4-9,12,19-20H,10-11H2,1-3H3,(H,21,22). The van der Waals surface area contributed by atoms with Crippen molar-refractivity contribution in [1.82, 2.24) is 10.0 Å². The second-order valence-corrected chi connectivity index (χ2v) is 7.51. The first kappa shape index (κ1) is 19.1. The van der Waals surface area contributed by atoms with Crippen LogP contribution in [0.25, 0.3) is 0 Å². The van der Waals surface area contributed by atoms with E-state index in [-0.39, 0.29) is 10.8 Å². The van der Waals surface area contributed by atoms with Gasteiger partial charge < -0.3 is 10.6 Å². The molecule has 0 aliphatic carbocycles. The maximum absolute atomic E-state index is 12.6. The van der Waals surface area contributed by atoms with Crippen LogP contribution in [-0.4, -0.2) is 35.0 Å². The number of carbonyl (C=O) groups excluding carboxylic acids is 1. The summed E-state index contributed by atoms with van der Waals surface area (Å²) >= 11 is 0. The topological polar surface area (TPSA) is 87.3 Å². The number of benzene rings is 2. The Bertz CT molecular complexity index is 864. The van der Waals surface area contributed by atoms with Crippen LogP contribution in [0.4, 0.5) is 5.69 Å². The van der Waals surface area contributed by atoms with Gasteiger partial charge in [0.2, 0.25) is 10.0 Å². The van der Waals surface area contributed by atoms with Crippen LogP contribution in [0.1, 0.15) is 21.5 Å². The summed E-state index contributed by atoms with van der Waals surface area (Å²) in [6.07, 6.45) is 0.730. The summed E-state index contributed by atoms with van der Waals surface area (Å²) in [4.78, 5) is 12.8. The third-order valence-electron chi connectivity index (χ3n) is 3.91. The van der Waals surface area contributed by atoms with Crippen LogP contribution in [-0.2, 0) is 16.4 Å². The third-order valence-corrected chi connectivity index (χ3v) is 5.47. The number of carbonyl (C=O) groups is 1. The van der Waals surface area contributed by atoms with Crippen LogP contribution in [0, 0.1) is 6.92 Å². The van der Waals surface area contributed by atoms with Crippen LogP contribution >= 0.6 is 0 Å². The zero-order chi connectivity index (χ0) is 18.4. The van der Waals surface area contributed by atoms with Crippen molar-refractivity contribution in [2.24, 2.45) is 0 Å². The summed E-state index contributed by atoms with van der Waals surface area (Å²) in [6, 6.07) is 12.2. The molecule has 0 saturated heterocycles. The molecule has 0 radical (unpaired) electrons. The number of aryl methyl sites for hydroxylation is 1. The Balaban J connectivity index is 2.29. The van der Waals surface area contributed by atoms with E-state index >= 15 is 0 Å². The van der Waals surface area contributed by atoms with Crippen LogP contribution in [0.3, 0.4) is 0 Å². The number of sulfonamides is 1. The molecule has 0 fully saturated rings. The van der Waals surface area contributed by atoms with Crippen LogP contribution in [0.15, 0.2) is 47.4 Å². The van der Waals surface area contributed by atoms with Crippen molar-refractivity contribution in [2.75, 3.05) is 26.0 Å². The van der Waals surface area contributed by atoms with E-state index in [0.29, 0.717) is 16.8 Å². The zero-order valence-electron chi connectivity index (χ0n) is 14.6.